The molecular formula is C16H22N2OS. The lowest BCUT2D eigenvalue weighted by molar-refractivity contribution is 0.322. The maximum atomic E-state index is 5.83. The number of aromatic nitrogens is 1. The van der Waals surface area contributed by atoms with Crippen LogP contribution in [-0.4, -0.2) is 18.1 Å². The van der Waals surface area contributed by atoms with Gasteiger partial charge >= 0.3 is 0 Å². The summed E-state index contributed by atoms with van der Waals surface area (Å²) in [4.78, 5) is 5.56. The van der Waals surface area contributed by atoms with E-state index in [9.17, 15) is 0 Å². The molecule has 1 aromatic heterocycles. The second-order valence-electron chi connectivity index (χ2n) is 4.78. The monoisotopic (exact) mass is 290 g/mol. The van der Waals surface area contributed by atoms with Gasteiger partial charge in [0.1, 0.15) is 5.75 Å². The maximum Gasteiger partial charge on any atom is 0.119 e. The fourth-order valence-electron chi connectivity index (χ4n) is 1.98. The molecule has 0 aliphatic rings. The first kappa shape index (κ1) is 15.0. The van der Waals surface area contributed by atoms with Crippen LogP contribution < -0.4 is 10.1 Å². The van der Waals surface area contributed by atoms with Gasteiger partial charge < -0.3 is 10.1 Å². The van der Waals surface area contributed by atoms with Crippen LogP contribution in [0.25, 0.3) is 0 Å². The smallest absolute Gasteiger partial charge is 0.119 e. The summed E-state index contributed by atoms with van der Waals surface area (Å²) in [5.74, 6) is 0.947. The van der Waals surface area contributed by atoms with Gasteiger partial charge in [-0.3, -0.25) is 0 Å². The largest absolute Gasteiger partial charge is 0.493 e. The van der Waals surface area contributed by atoms with E-state index in [0.717, 1.165) is 37.4 Å². The van der Waals surface area contributed by atoms with Gasteiger partial charge in [-0.25, -0.2) is 4.98 Å². The Morgan fingerprint density at radius 3 is 3.00 bits per heavy atom. The lowest BCUT2D eigenvalue weighted by Crippen LogP contribution is -2.13. The minimum atomic E-state index is 0.703. The topological polar surface area (TPSA) is 34.1 Å². The van der Waals surface area contributed by atoms with Gasteiger partial charge in [-0.2, -0.15) is 0 Å². The lowest BCUT2D eigenvalue weighted by atomic mass is 10.2. The first-order valence-electron chi connectivity index (χ1n) is 7.11. The van der Waals surface area contributed by atoms with E-state index in [-0.39, 0.29) is 0 Å². The molecule has 0 atom stereocenters. The van der Waals surface area contributed by atoms with Gasteiger partial charge in [0.25, 0.3) is 0 Å². The predicted molar refractivity (Wildman–Crippen MR) is 84.5 cm³/mol. The standard InChI is InChI=1S/C16H22N2OS/c1-3-8-17-11-14-5-4-6-15(10-14)19-9-7-16-13(2)18-12-20-16/h4-6,10,12,17H,3,7-9,11H2,1-2H3. The Labute approximate surface area is 125 Å². The zero-order valence-electron chi connectivity index (χ0n) is 12.2. The lowest BCUT2D eigenvalue weighted by Gasteiger charge is -2.08. The minimum Gasteiger partial charge on any atom is -0.493 e. The van der Waals surface area contributed by atoms with E-state index in [4.69, 9.17) is 4.74 Å². The Morgan fingerprint density at radius 2 is 2.25 bits per heavy atom. The van der Waals surface area contributed by atoms with E-state index in [1.165, 1.54) is 10.4 Å². The Balaban J connectivity index is 1.80. The molecule has 0 saturated carbocycles. The van der Waals surface area contributed by atoms with E-state index in [2.05, 4.69) is 35.4 Å². The van der Waals surface area contributed by atoms with E-state index in [1.807, 2.05) is 18.5 Å². The molecule has 2 aromatic rings. The molecule has 1 heterocycles. The second kappa shape index (κ2) is 8.02. The van der Waals surface area contributed by atoms with Crippen molar-refractivity contribution in [2.45, 2.75) is 33.2 Å². The summed E-state index contributed by atoms with van der Waals surface area (Å²) in [6.07, 6.45) is 2.08. The number of thiazole rings is 1. The molecule has 3 nitrogen and oxygen atoms in total. The Morgan fingerprint density at radius 1 is 1.35 bits per heavy atom. The van der Waals surface area contributed by atoms with Crippen LogP contribution in [0.2, 0.25) is 0 Å². The number of aryl methyl sites for hydroxylation is 1. The van der Waals surface area contributed by atoms with Crippen LogP contribution in [-0.2, 0) is 13.0 Å². The van der Waals surface area contributed by atoms with Crippen molar-refractivity contribution in [3.8, 4) is 5.75 Å². The fraction of sp³-hybridized carbons (Fsp3) is 0.438. The van der Waals surface area contributed by atoms with Crippen molar-refractivity contribution in [1.29, 1.82) is 0 Å². The van der Waals surface area contributed by atoms with Crippen molar-refractivity contribution in [2.24, 2.45) is 0 Å². The van der Waals surface area contributed by atoms with Crippen LogP contribution in [0, 0.1) is 6.92 Å². The molecule has 0 saturated heterocycles. The number of nitrogens with one attached hydrogen (secondary N) is 1. The van der Waals surface area contributed by atoms with Gasteiger partial charge in [0, 0.05) is 17.8 Å². The van der Waals surface area contributed by atoms with Crippen LogP contribution in [0.4, 0.5) is 0 Å². The molecule has 4 heteroatoms. The second-order valence-corrected chi connectivity index (χ2v) is 5.72. The van der Waals surface area contributed by atoms with Gasteiger partial charge in [-0.15, -0.1) is 11.3 Å². The number of rotatable bonds is 8. The third kappa shape index (κ3) is 4.62. The highest BCUT2D eigenvalue weighted by Crippen LogP contribution is 2.16. The van der Waals surface area contributed by atoms with E-state index in [1.54, 1.807) is 11.3 Å². The van der Waals surface area contributed by atoms with E-state index in [0.29, 0.717) is 6.61 Å². The van der Waals surface area contributed by atoms with Crippen LogP contribution in [0.1, 0.15) is 29.5 Å². The number of hydrogen-bond donors (Lipinski definition) is 1. The number of ether oxygens (including phenoxy) is 1. The van der Waals surface area contributed by atoms with E-state index < -0.39 is 0 Å². The van der Waals surface area contributed by atoms with Crippen LogP contribution in [0.3, 0.4) is 0 Å². The molecule has 2 rings (SSSR count). The first-order valence-corrected chi connectivity index (χ1v) is 7.99. The highest BCUT2D eigenvalue weighted by atomic mass is 32.1. The SMILES string of the molecule is CCCNCc1cccc(OCCc2scnc2C)c1. The molecule has 0 radical (unpaired) electrons. The molecule has 0 bridgehead atoms. The average Bonchev–Trinajstić information content (AvgIpc) is 2.85. The number of benzene rings is 1. The molecule has 1 aromatic carbocycles. The summed E-state index contributed by atoms with van der Waals surface area (Å²) in [7, 11) is 0. The normalized spacial score (nSPS) is 10.7. The maximum absolute atomic E-state index is 5.83. The zero-order chi connectivity index (χ0) is 14.2. The summed E-state index contributed by atoms with van der Waals surface area (Å²) in [6.45, 7) is 6.88. The van der Waals surface area contributed by atoms with Crippen LogP contribution >= 0.6 is 11.3 Å². The molecular weight excluding hydrogens is 268 g/mol. The number of nitrogens with zero attached hydrogens (tertiary/aromatic N) is 1. The fourth-order valence-corrected chi connectivity index (χ4v) is 2.74. The third-order valence-corrected chi connectivity index (χ3v) is 4.09. The molecule has 108 valence electrons. The number of hydrogen-bond acceptors (Lipinski definition) is 4. The van der Waals surface area contributed by atoms with Crippen molar-refractivity contribution in [3.05, 3.63) is 45.9 Å². The molecule has 0 spiro atoms. The average molecular weight is 290 g/mol. The zero-order valence-corrected chi connectivity index (χ0v) is 13.0. The molecule has 1 N–H and O–H groups in total. The Hall–Kier alpha value is -1.39. The van der Waals surface area contributed by atoms with Crippen molar-refractivity contribution in [2.75, 3.05) is 13.2 Å². The molecule has 0 unspecified atom stereocenters. The van der Waals surface area contributed by atoms with Crippen LogP contribution in [0.5, 0.6) is 5.75 Å². The summed E-state index contributed by atoms with van der Waals surface area (Å²) in [5, 5.41) is 3.40. The van der Waals surface area contributed by atoms with Gasteiger partial charge in [0.2, 0.25) is 0 Å². The third-order valence-electron chi connectivity index (χ3n) is 3.10. The molecule has 0 aliphatic heterocycles. The van der Waals surface area contributed by atoms with Gasteiger partial charge in [0.05, 0.1) is 17.8 Å². The quantitative estimate of drug-likeness (QED) is 0.755. The highest BCUT2D eigenvalue weighted by Gasteiger charge is 2.02. The summed E-state index contributed by atoms with van der Waals surface area (Å²) in [6, 6.07) is 8.31. The Bertz CT molecular complexity index is 525. The van der Waals surface area contributed by atoms with E-state index >= 15 is 0 Å². The Kier molecular flexibility index (Phi) is 6.02. The van der Waals surface area contributed by atoms with Gasteiger partial charge in [-0.1, -0.05) is 19.1 Å². The van der Waals surface area contributed by atoms with Crippen molar-refractivity contribution in [1.82, 2.24) is 10.3 Å². The van der Waals surface area contributed by atoms with Gasteiger partial charge in [0.15, 0.2) is 0 Å². The first-order chi connectivity index (χ1) is 9.79. The molecule has 0 amide bonds. The molecule has 20 heavy (non-hydrogen) atoms. The highest BCUT2D eigenvalue weighted by molar-refractivity contribution is 7.09. The van der Waals surface area contributed by atoms with Crippen molar-refractivity contribution >= 4 is 11.3 Å². The summed E-state index contributed by atoms with van der Waals surface area (Å²) in [5.41, 5.74) is 4.28. The summed E-state index contributed by atoms with van der Waals surface area (Å²) < 4.78 is 5.83. The minimum absolute atomic E-state index is 0.703. The predicted octanol–water partition coefficient (Wildman–Crippen LogP) is 3.57. The molecule has 0 aliphatic carbocycles. The van der Waals surface area contributed by atoms with Crippen molar-refractivity contribution < 1.29 is 4.74 Å². The molecule has 0 fully saturated rings. The van der Waals surface area contributed by atoms with Gasteiger partial charge in [-0.05, 0) is 37.6 Å². The summed E-state index contributed by atoms with van der Waals surface area (Å²) >= 11 is 1.70. The van der Waals surface area contributed by atoms with Crippen molar-refractivity contribution in [3.63, 3.8) is 0 Å². The van der Waals surface area contributed by atoms with Crippen LogP contribution in [0.15, 0.2) is 29.8 Å².